The molecular formula is C18H25NO2. The Hall–Kier alpha value is -1.35. The Labute approximate surface area is 126 Å². The number of rotatable bonds is 4. The standard InChI is InChI=1S/C18H25NO2/c20-16-9-4-6-14(12-16)13-19-17(21)18(10-5-11-18)15-7-2-1-3-8-15/h1-3,7-8,14,16,20H,4-6,9-13H2,(H,19,21). The number of aliphatic hydroxyl groups is 1. The predicted molar refractivity (Wildman–Crippen MR) is 82.9 cm³/mol. The van der Waals surface area contributed by atoms with Crippen LogP contribution in [0.4, 0.5) is 0 Å². The molecule has 0 heterocycles. The number of nitrogens with one attached hydrogen (secondary N) is 1. The van der Waals surface area contributed by atoms with Crippen molar-refractivity contribution >= 4 is 5.91 Å². The Balaban J connectivity index is 1.61. The number of amides is 1. The van der Waals surface area contributed by atoms with Gasteiger partial charge >= 0.3 is 0 Å². The monoisotopic (exact) mass is 287 g/mol. The van der Waals surface area contributed by atoms with Gasteiger partial charge in [0.05, 0.1) is 11.5 Å². The predicted octanol–water partition coefficient (Wildman–Crippen LogP) is 2.78. The van der Waals surface area contributed by atoms with Crippen LogP contribution in [-0.2, 0) is 10.2 Å². The largest absolute Gasteiger partial charge is 0.393 e. The number of hydrogen-bond acceptors (Lipinski definition) is 2. The summed E-state index contributed by atoms with van der Waals surface area (Å²) in [6, 6.07) is 10.2. The first-order valence-corrected chi connectivity index (χ1v) is 8.22. The van der Waals surface area contributed by atoms with E-state index < -0.39 is 0 Å². The van der Waals surface area contributed by atoms with Gasteiger partial charge < -0.3 is 10.4 Å². The molecule has 0 aromatic heterocycles. The second kappa shape index (κ2) is 6.18. The highest BCUT2D eigenvalue weighted by Gasteiger charge is 2.45. The zero-order chi connectivity index (χ0) is 14.7. The molecule has 2 aliphatic rings. The van der Waals surface area contributed by atoms with Gasteiger partial charge in [-0.1, -0.05) is 43.2 Å². The lowest BCUT2D eigenvalue weighted by Gasteiger charge is -2.41. The highest BCUT2D eigenvalue weighted by atomic mass is 16.3. The van der Waals surface area contributed by atoms with Gasteiger partial charge in [-0.2, -0.15) is 0 Å². The first kappa shape index (κ1) is 14.6. The number of benzene rings is 1. The quantitative estimate of drug-likeness (QED) is 0.894. The van der Waals surface area contributed by atoms with Crippen molar-refractivity contribution in [1.82, 2.24) is 5.32 Å². The van der Waals surface area contributed by atoms with E-state index in [0.717, 1.165) is 50.5 Å². The summed E-state index contributed by atoms with van der Waals surface area (Å²) in [7, 11) is 0. The van der Waals surface area contributed by atoms with Crippen molar-refractivity contribution in [2.24, 2.45) is 5.92 Å². The molecule has 2 saturated carbocycles. The first-order chi connectivity index (χ1) is 10.2. The lowest BCUT2D eigenvalue weighted by atomic mass is 9.63. The molecule has 3 heteroatoms. The van der Waals surface area contributed by atoms with Crippen LogP contribution in [-0.4, -0.2) is 23.7 Å². The normalized spacial score (nSPS) is 27.7. The number of aliphatic hydroxyl groups excluding tert-OH is 1. The smallest absolute Gasteiger partial charge is 0.230 e. The summed E-state index contributed by atoms with van der Waals surface area (Å²) >= 11 is 0. The van der Waals surface area contributed by atoms with Gasteiger partial charge in [0, 0.05) is 6.54 Å². The second-order valence-electron chi connectivity index (χ2n) is 6.70. The number of carbonyl (C=O) groups excluding carboxylic acids is 1. The molecule has 2 fully saturated rings. The van der Waals surface area contributed by atoms with E-state index in [4.69, 9.17) is 0 Å². The molecule has 0 spiro atoms. The molecule has 0 saturated heterocycles. The van der Waals surface area contributed by atoms with Crippen LogP contribution in [0.1, 0.15) is 50.5 Å². The van der Waals surface area contributed by atoms with Gasteiger partial charge in [-0.05, 0) is 43.6 Å². The Bertz CT molecular complexity index is 481. The third-order valence-corrected chi connectivity index (χ3v) is 5.27. The molecule has 21 heavy (non-hydrogen) atoms. The van der Waals surface area contributed by atoms with Gasteiger partial charge in [-0.15, -0.1) is 0 Å². The third-order valence-electron chi connectivity index (χ3n) is 5.27. The Morgan fingerprint density at radius 1 is 1.19 bits per heavy atom. The molecule has 2 N–H and O–H groups in total. The fourth-order valence-electron chi connectivity index (χ4n) is 3.79. The fourth-order valence-corrected chi connectivity index (χ4v) is 3.79. The van der Waals surface area contributed by atoms with Gasteiger partial charge in [-0.25, -0.2) is 0 Å². The van der Waals surface area contributed by atoms with Crippen molar-refractivity contribution < 1.29 is 9.90 Å². The summed E-state index contributed by atoms with van der Waals surface area (Å²) in [4.78, 5) is 12.7. The zero-order valence-electron chi connectivity index (χ0n) is 12.6. The molecular weight excluding hydrogens is 262 g/mol. The molecule has 0 radical (unpaired) electrons. The van der Waals surface area contributed by atoms with E-state index in [2.05, 4.69) is 17.4 Å². The van der Waals surface area contributed by atoms with Crippen LogP contribution in [0, 0.1) is 5.92 Å². The van der Waals surface area contributed by atoms with Crippen molar-refractivity contribution in [2.75, 3.05) is 6.54 Å². The summed E-state index contributed by atoms with van der Waals surface area (Å²) in [5, 5.41) is 12.9. The van der Waals surface area contributed by atoms with Crippen LogP contribution < -0.4 is 5.32 Å². The number of carbonyl (C=O) groups is 1. The minimum Gasteiger partial charge on any atom is -0.393 e. The summed E-state index contributed by atoms with van der Waals surface area (Å²) in [5.74, 6) is 0.616. The van der Waals surface area contributed by atoms with Crippen molar-refractivity contribution in [3.05, 3.63) is 35.9 Å². The van der Waals surface area contributed by atoms with Gasteiger partial charge in [0.1, 0.15) is 0 Å². The van der Waals surface area contributed by atoms with E-state index in [1.165, 1.54) is 0 Å². The SMILES string of the molecule is O=C(NCC1CCCC(O)C1)C1(c2ccccc2)CCC1. The average molecular weight is 287 g/mol. The summed E-state index contributed by atoms with van der Waals surface area (Å²) < 4.78 is 0. The maximum absolute atomic E-state index is 12.7. The maximum atomic E-state index is 12.7. The van der Waals surface area contributed by atoms with Crippen LogP contribution in [0.15, 0.2) is 30.3 Å². The molecule has 2 unspecified atom stereocenters. The molecule has 2 aliphatic carbocycles. The fraction of sp³-hybridized carbons (Fsp3) is 0.611. The van der Waals surface area contributed by atoms with Crippen molar-refractivity contribution in [3.63, 3.8) is 0 Å². The first-order valence-electron chi connectivity index (χ1n) is 8.22. The molecule has 1 aromatic carbocycles. The summed E-state index contributed by atoms with van der Waals surface area (Å²) in [6.07, 6.45) is 6.81. The molecule has 0 bridgehead atoms. The lowest BCUT2D eigenvalue weighted by molar-refractivity contribution is -0.130. The van der Waals surface area contributed by atoms with E-state index in [-0.39, 0.29) is 17.4 Å². The van der Waals surface area contributed by atoms with Crippen molar-refractivity contribution in [2.45, 2.75) is 56.5 Å². The van der Waals surface area contributed by atoms with Crippen LogP contribution in [0.3, 0.4) is 0 Å². The van der Waals surface area contributed by atoms with Crippen molar-refractivity contribution in [3.8, 4) is 0 Å². The van der Waals surface area contributed by atoms with Crippen LogP contribution >= 0.6 is 0 Å². The highest BCUT2D eigenvalue weighted by Crippen LogP contribution is 2.43. The second-order valence-corrected chi connectivity index (χ2v) is 6.70. The highest BCUT2D eigenvalue weighted by molar-refractivity contribution is 5.89. The Morgan fingerprint density at radius 2 is 1.95 bits per heavy atom. The van der Waals surface area contributed by atoms with E-state index >= 15 is 0 Å². The third kappa shape index (κ3) is 2.98. The average Bonchev–Trinajstić information content (AvgIpc) is 2.45. The minimum absolute atomic E-state index is 0.174. The molecule has 3 rings (SSSR count). The molecule has 3 nitrogen and oxygen atoms in total. The van der Waals surface area contributed by atoms with E-state index in [1.807, 2.05) is 18.2 Å². The van der Waals surface area contributed by atoms with Gasteiger partial charge in [0.25, 0.3) is 0 Å². The summed E-state index contributed by atoms with van der Waals surface area (Å²) in [5.41, 5.74) is 0.853. The van der Waals surface area contributed by atoms with Crippen LogP contribution in [0.2, 0.25) is 0 Å². The molecule has 2 atom stereocenters. The molecule has 1 amide bonds. The van der Waals surface area contributed by atoms with E-state index in [1.54, 1.807) is 0 Å². The van der Waals surface area contributed by atoms with Crippen LogP contribution in [0.5, 0.6) is 0 Å². The zero-order valence-corrected chi connectivity index (χ0v) is 12.6. The van der Waals surface area contributed by atoms with E-state index in [9.17, 15) is 9.90 Å². The van der Waals surface area contributed by atoms with Gasteiger partial charge in [0.15, 0.2) is 0 Å². The van der Waals surface area contributed by atoms with E-state index in [0.29, 0.717) is 12.5 Å². The summed E-state index contributed by atoms with van der Waals surface area (Å²) in [6.45, 7) is 0.713. The van der Waals surface area contributed by atoms with Crippen molar-refractivity contribution in [1.29, 1.82) is 0 Å². The molecule has 114 valence electrons. The Kier molecular flexibility index (Phi) is 4.29. The minimum atomic E-state index is -0.297. The van der Waals surface area contributed by atoms with Crippen LogP contribution in [0.25, 0.3) is 0 Å². The topological polar surface area (TPSA) is 49.3 Å². The Morgan fingerprint density at radius 3 is 2.57 bits per heavy atom. The molecule has 0 aliphatic heterocycles. The molecule has 1 aromatic rings. The van der Waals surface area contributed by atoms with Gasteiger partial charge in [0.2, 0.25) is 5.91 Å². The maximum Gasteiger partial charge on any atom is 0.230 e. The van der Waals surface area contributed by atoms with Gasteiger partial charge in [-0.3, -0.25) is 4.79 Å². The number of hydrogen-bond donors (Lipinski definition) is 2. The lowest BCUT2D eigenvalue weighted by Crippen LogP contribution is -2.50.